The van der Waals surface area contributed by atoms with Crippen molar-refractivity contribution < 1.29 is 9.59 Å². The van der Waals surface area contributed by atoms with Gasteiger partial charge in [-0.25, -0.2) is 0 Å². The van der Waals surface area contributed by atoms with Crippen molar-refractivity contribution in [2.24, 2.45) is 0 Å². The second-order valence-electron chi connectivity index (χ2n) is 6.50. The molecule has 24 heavy (non-hydrogen) atoms. The summed E-state index contributed by atoms with van der Waals surface area (Å²) in [6, 6.07) is 2.50. The number of carbonyl (C=O) groups excluding carboxylic acids is 2. The molecule has 0 spiro atoms. The van der Waals surface area contributed by atoms with Gasteiger partial charge in [0.05, 0.1) is 12.2 Å². The van der Waals surface area contributed by atoms with E-state index < -0.39 is 0 Å². The number of hydrogen-bond donors (Lipinski definition) is 1. The van der Waals surface area contributed by atoms with Gasteiger partial charge < -0.3 is 4.98 Å². The van der Waals surface area contributed by atoms with E-state index in [9.17, 15) is 9.59 Å². The largest absolute Gasteiger partial charge is 0.355 e. The zero-order valence-corrected chi connectivity index (χ0v) is 15.3. The molecule has 3 rings (SSSR count). The van der Waals surface area contributed by atoms with Crippen LogP contribution in [0.2, 0.25) is 0 Å². The maximum Gasteiger partial charge on any atom is 0.193 e. The van der Waals surface area contributed by atoms with Gasteiger partial charge in [-0.15, -0.1) is 0 Å². The molecule has 0 aliphatic carbocycles. The minimum atomic E-state index is 0.0250. The first-order valence-electron chi connectivity index (χ1n) is 8.54. The predicted octanol–water partition coefficient (Wildman–Crippen LogP) is 4.17. The number of nitrogens with zero attached hydrogens (tertiary/aromatic N) is 1. The van der Waals surface area contributed by atoms with Crippen LogP contribution >= 0.6 is 11.3 Å². The number of hydrogen-bond acceptors (Lipinski definition) is 4. The lowest BCUT2D eigenvalue weighted by atomic mass is 10.0. The maximum atomic E-state index is 12.9. The third-order valence-corrected chi connectivity index (χ3v) is 5.62. The highest BCUT2D eigenvalue weighted by molar-refractivity contribution is 7.07. The number of ketones is 2. The summed E-state index contributed by atoms with van der Waals surface area (Å²) in [7, 11) is 0. The zero-order chi connectivity index (χ0) is 17.3. The van der Waals surface area contributed by atoms with Crippen molar-refractivity contribution in [1.29, 1.82) is 0 Å². The Labute approximate surface area is 146 Å². The summed E-state index contributed by atoms with van der Waals surface area (Å²) in [5.41, 5.74) is 4.30. The SMILES string of the molecule is CCc1c(C(=O)CN2CCC[C@H]2c2ccsc2)[nH]c(C)c1C(C)=O. The first-order valence-corrected chi connectivity index (χ1v) is 9.48. The molecule has 0 radical (unpaired) electrons. The van der Waals surface area contributed by atoms with Crippen LogP contribution in [0.5, 0.6) is 0 Å². The van der Waals surface area contributed by atoms with Gasteiger partial charge in [-0.05, 0) is 67.6 Å². The molecule has 5 heteroatoms. The molecule has 4 nitrogen and oxygen atoms in total. The molecule has 0 amide bonds. The maximum absolute atomic E-state index is 12.9. The van der Waals surface area contributed by atoms with Crippen molar-refractivity contribution in [2.45, 2.75) is 46.1 Å². The fraction of sp³-hybridized carbons (Fsp3) is 0.474. The number of nitrogens with one attached hydrogen (secondary N) is 1. The fourth-order valence-corrected chi connectivity index (χ4v) is 4.57. The average molecular weight is 344 g/mol. The Bertz CT molecular complexity index is 746. The molecule has 1 aliphatic rings. The van der Waals surface area contributed by atoms with Crippen LogP contribution in [0, 0.1) is 6.92 Å². The van der Waals surface area contributed by atoms with E-state index in [1.54, 1.807) is 18.3 Å². The number of likely N-dealkylation sites (tertiary alicyclic amines) is 1. The van der Waals surface area contributed by atoms with Crippen molar-refractivity contribution in [3.05, 3.63) is 44.9 Å². The van der Waals surface area contributed by atoms with Gasteiger partial charge in [-0.2, -0.15) is 11.3 Å². The summed E-state index contributed by atoms with van der Waals surface area (Å²) in [5.74, 6) is 0.113. The molecule has 0 aromatic carbocycles. The van der Waals surface area contributed by atoms with E-state index in [0.29, 0.717) is 30.3 Å². The van der Waals surface area contributed by atoms with Crippen molar-refractivity contribution in [3.8, 4) is 0 Å². The Morgan fingerprint density at radius 2 is 2.21 bits per heavy atom. The summed E-state index contributed by atoms with van der Waals surface area (Å²) in [6.45, 7) is 6.79. The molecule has 0 saturated carbocycles. The summed E-state index contributed by atoms with van der Waals surface area (Å²) in [5, 5.41) is 4.27. The molecule has 1 atom stereocenters. The summed E-state index contributed by atoms with van der Waals surface area (Å²) in [6.07, 6.45) is 2.91. The van der Waals surface area contributed by atoms with Gasteiger partial charge in [0.2, 0.25) is 0 Å². The predicted molar refractivity (Wildman–Crippen MR) is 97.1 cm³/mol. The van der Waals surface area contributed by atoms with Crippen LogP contribution in [-0.2, 0) is 6.42 Å². The molecule has 1 fully saturated rings. The van der Waals surface area contributed by atoms with Crippen molar-refractivity contribution >= 4 is 22.9 Å². The van der Waals surface area contributed by atoms with Crippen LogP contribution < -0.4 is 0 Å². The highest BCUT2D eigenvalue weighted by atomic mass is 32.1. The first kappa shape index (κ1) is 17.1. The van der Waals surface area contributed by atoms with Crippen LogP contribution in [0.1, 0.15) is 70.4 Å². The monoisotopic (exact) mass is 344 g/mol. The Kier molecular flexibility index (Phi) is 5.01. The van der Waals surface area contributed by atoms with Crippen LogP contribution in [0.3, 0.4) is 0 Å². The van der Waals surface area contributed by atoms with Gasteiger partial charge in [0.25, 0.3) is 0 Å². The van der Waals surface area contributed by atoms with Crippen LogP contribution in [0.25, 0.3) is 0 Å². The van der Waals surface area contributed by atoms with E-state index in [0.717, 1.165) is 30.6 Å². The molecular formula is C19H24N2O2S. The quantitative estimate of drug-likeness (QED) is 0.800. The smallest absolute Gasteiger partial charge is 0.193 e. The highest BCUT2D eigenvalue weighted by Crippen LogP contribution is 2.33. The molecule has 2 aromatic heterocycles. The van der Waals surface area contributed by atoms with E-state index in [1.165, 1.54) is 5.56 Å². The number of H-pyrrole nitrogens is 1. The second-order valence-corrected chi connectivity index (χ2v) is 7.28. The summed E-state index contributed by atoms with van der Waals surface area (Å²) >= 11 is 1.70. The minimum absolute atomic E-state index is 0.0250. The Morgan fingerprint density at radius 1 is 1.42 bits per heavy atom. The average Bonchev–Trinajstić information content (AvgIpc) is 3.24. The highest BCUT2D eigenvalue weighted by Gasteiger charge is 2.30. The fourth-order valence-electron chi connectivity index (χ4n) is 3.87. The molecule has 1 aliphatic heterocycles. The minimum Gasteiger partial charge on any atom is -0.355 e. The van der Waals surface area contributed by atoms with Gasteiger partial charge in [0.1, 0.15) is 0 Å². The van der Waals surface area contributed by atoms with E-state index in [-0.39, 0.29) is 11.6 Å². The van der Waals surface area contributed by atoms with Crippen molar-refractivity contribution in [1.82, 2.24) is 9.88 Å². The molecular weight excluding hydrogens is 320 g/mol. The van der Waals surface area contributed by atoms with Gasteiger partial charge in [0.15, 0.2) is 11.6 Å². The van der Waals surface area contributed by atoms with Crippen LogP contribution in [0.15, 0.2) is 16.8 Å². The van der Waals surface area contributed by atoms with E-state index >= 15 is 0 Å². The zero-order valence-electron chi connectivity index (χ0n) is 14.5. The molecule has 2 aromatic rings. The van der Waals surface area contributed by atoms with Gasteiger partial charge in [-0.1, -0.05) is 6.92 Å². The number of aromatic amines is 1. The van der Waals surface area contributed by atoms with Crippen molar-refractivity contribution in [3.63, 3.8) is 0 Å². The molecule has 128 valence electrons. The lowest BCUT2D eigenvalue weighted by Gasteiger charge is -2.23. The third-order valence-electron chi connectivity index (χ3n) is 4.91. The van der Waals surface area contributed by atoms with Gasteiger partial charge in [0, 0.05) is 17.3 Å². The number of Topliss-reactive ketones (excluding diaryl/α,β-unsaturated/α-hetero) is 2. The number of aryl methyl sites for hydroxylation is 1. The molecule has 3 heterocycles. The summed E-state index contributed by atoms with van der Waals surface area (Å²) < 4.78 is 0. The molecule has 0 bridgehead atoms. The van der Waals surface area contributed by atoms with E-state index in [4.69, 9.17) is 0 Å². The number of carbonyl (C=O) groups is 2. The standard InChI is InChI=1S/C19H24N2O2S/c1-4-15-18(13(3)22)12(2)20-19(15)17(23)10-21-8-5-6-16(21)14-7-9-24-11-14/h7,9,11,16,20H,4-6,8,10H2,1-3H3/t16-/m0/s1. The lowest BCUT2D eigenvalue weighted by molar-refractivity contribution is 0.0916. The van der Waals surface area contributed by atoms with Gasteiger partial charge >= 0.3 is 0 Å². The van der Waals surface area contributed by atoms with E-state index in [2.05, 4.69) is 26.7 Å². The Hall–Kier alpha value is -1.72. The Morgan fingerprint density at radius 3 is 2.83 bits per heavy atom. The number of thiophene rings is 1. The number of rotatable bonds is 6. The second kappa shape index (κ2) is 7.03. The summed E-state index contributed by atoms with van der Waals surface area (Å²) in [4.78, 5) is 30.2. The first-order chi connectivity index (χ1) is 11.5. The van der Waals surface area contributed by atoms with Crippen LogP contribution in [-0.4, -0.2) is 34.5 Å². The van der Waals surface area contributed by atoms with Gasteiger partial charge in [-0.3, -0.25) is 14.5 Å². The van der Waals surface area contributed by atoms with E-state index in [1.807, 2.05) is 13.8 Å². The number of aromatic nitrogens is 1. The molecule has 0 unspecified atom stereocenters. The normalized spacial score (nSPS) is 18.2. The molecule has 1 N–H and O–H groups in total. The molecule has 1 saturated heterocycles. The van der Waals surface area contributed by atoms with Crippen molar-refractivity contribution in [2.75, 3.05) is 13.1 Å². The third kappa shape index (κ3) is 3.10. The van der Waals surface area contributed by atoms with Crippen LogP contribution in [0.4, 0.5) is 0 Å². The topological polar surface area (TPSA) is 53.2 Å². The Balaban J connectivity index is 1.83. The lowest BCUT2D eigenvalue weighted by Crippen LogP contribution is -2.30.